The molecule has 19 heavy (non-hydrogen) atoms. The van der Waals surface area contributed by atoms with E-state index >= 15 is 0 Å². The maximum atomic E-state index is 3.73. The Kier molecular flexibility index (Phi) is 5.23. The predicted octanol–water partition coefficient (Wildman–Crippen LogP) is 0.696. The lowest BCUT2D eigenvalue weighted by atomic mass is 9.98. The van der Waals surface area contributed by atoms with Crippen LogP contribution < -0.4 is 5.32 Å². The highest BCUT2D eigenvalue weighted by molar-refractivity contribution is 4.90. The molecule has 2 aliphatic rings. The van der Waals surface area contributed by atoms with E-state index in [0.717, 1.165) is 0 Å². The zero-order valence-electron chi connectivity index (χ0n) is 13.3. The Bertz CT molecular complexity index is 283. The summed E-state index contributed by atoms with van der Waals surface area (Å²) in [5, 5.41) is 3.73. The molecule has 0 aromatic rings. The molecule has 0 spiro atoms. The SMILES string of the molecule is CCC1(C)CN(CC2CN(C)CCN2C)CCCN1. The highest BCUT2D eigenvalue weighted by Crippen LogP contribution is 2.17. The molecular formula is C15H32N4. The molecule has 2 aliphatic heterocycles. The third-order valence-electron chi connectivity index (χ3n) is 5.00. The average Bonchev–Trinajstić information content (AvgIpc) is 2.56. The summed E-state index contributed by atoms with van der Waals surface area (Å²) >= 11 is 0. The minimum Gasteiger partial charge on any atom is -0.310 e. The Morgan fingerprint density at radius 1 is 1.21 bits per heavy atom. The van der Waals surface area contributed by atoms with Gasteiger partial charge in [0, 0.05) is 44.3 Å². The number of piperazine rings is 1. The summed E-state index contributed by atoms with van der Waals surface area (Å²) in [6.45, 7) is 13.1. The average molecular weight is 268 g/mol. The van der Waals surface area contributed by atoms with Crippen molar-refractivity contribution in [1.82, 2.24) is 20.0 Å². The number of hydrogen-bond donors (Lipinski definition) is 1. The Morgan fingerprint density at radius 3 is 2.74 bits per heavy atom. The third-order valence-corrected chi connectivity index (χ3v) is 5.00. The van der Waals surface area contributed by atoms with Crippen molar-refractivity contribution in [2.45, 2.75) is 38.3 Å². The van der Waals surface area contributed by atoms with Gasteiger partial charge in [0.25, 0.3) is 0 Å². The van der Waals surface area contributed by atoms with Crippen LogP contribution in [-0.2, 0) is 0 Å². The second-order valence-corrected chi connectivity index (χ2v) is 6.83. The Balaban J connectivity index is 1.93. The summed E-state index contributed by atoms with van der Waals surface area (Å²) in [6, 6.07) is 0.693. The number of nitrogens with zero attached hydrogens (tertiary/aromatic N) is 3. The maximum Gasteiger partial charge on any atom is 0.0347 e. The van der Waals surface area contributed by atoms with Crippen molar-refractivity contribution in [2.24, 2.45) is 0 Å². The highest BCUT2D eigenvalue weighted by Gasteiger charge is 2.30. The van der Waals surface area contributed by atoms with E-state index in [4.69, 9.17) is 0 Å². The van der Waals surface area contributed by atoms with Crippen LogP contribution in [-0.4, -0.2) is 86.2 Å². The third kappa shape index (κ3) is 4.15. The van der Waals surface area contributed by atoms with Crippen molar-refractivity contribution in [3.05, 3.63) is 0 Å². The molecule has 112 valence electrons. The second kappa shape index (κ2) is 6.53. The van der Waals surface area contributed by atoms with Crippen LogP contribution in [0.2, 0.25) is 0 Å². The first-order valence-corrected chi connectivity index (χ1v) is 7.88. The number of rotatable bonds is 3. The number of hydrogen-bond acceptors (Lipinski definition) is 4. The summed E-state index contributed by atoms with van der Waals surface area (Å²) in [5.41, 5.74) is 0.301. The van der Waals surface area contributed by atoms with Gasteiger partial charge in [0.05, 0.1) is 0 Å². The van der Waals surface area contributed by atoms with Crippen molar-refractivity contribution in [1.29, 1.82) is 0 Å². The smallest absolute Gasteiger partial charge is 0.0347 e. The predicted molar refractivity (Wildman–Crippen MR) is 81.7 cm³/mol. The topological polar surface area (TPSA) is 21.8 Å². The standard InChI is InChI=1S/C15H32N4/c1-5-15(2)13-19(8-6-7-16-15)12-14-11-17(3)9-10-18(14)4/h14,16H,5-13H2,1-4H3. The first kappa shape index (κ1) is 15.2. The van der Waals surface area contributed by atoms with Gasteiger partial charge in [-0.15, -0.1) is 0 Å². The monoisotopic (exact) mass is 268 g/mol. The van der Waals surface area contributed by atoms with E-state index in [-0.39, 0.29) is 0 Å². The van der Waals surface area contributed by atoms with E-state index in [0.29, 0.717) is 11.6 Å². The molecule has 0 radical (unpaired) electrons. The Morgan fingerprint density at radius 2 is 2.00 bits per heavy atom. The maximum absolute atomic E-state index is 3.73. The van der Waals surface area contributed by atoms with Crippen molar-refractivity contribution >= 4 is 0 Å². The molecule has 2 fully saturated rings. The van der Waals surface area contributed by atoms with Gasteiger partial charge < -0.3 is 10.2 Å². The zero-order chi connectivity index (χ0) is 13.9. The molecule has 1 N–H and O–H groups in total. The van der Waals surface area contributed by atoms with Gasteiger partial charge in [0.2, 0.25) is 0 Å². The Hall–Kier alpha value is -0.160. The van der Waals surface area contributed by atoms with Gasteiger partial charge >= 0.3 is 0 Å². The first-order valence-electron chi connectivity index (χ1n) is 7.88. The summed E-state index contributed by atoms with van der Waals surface area (Å²) in [5.74, 6) is 0. The van der Waals surface area contributed by atoms with E-state index in [9.17, 15) is 0 Å². The minimum atomic E-state index is 0.301. The molecule has 0 bridgehead atoms. The van der Waals surface area contributed by atoms with Gasteiger partial charge in [-0.1, -0.05) is 6.92 Å². The summed E-state index contributed by atoms with van der Waals surface area (Å²) in [6.07, 6.45) is 2.49. The first-order chi connectivity index (χ1) is 9.02. The lowest BCUT2D eigenvalue weighted by molar-refractivity contribution is 0.0766. The number of nitrogens with one attached hydrogen (secondary N) is 1. The molecule has 0 aliphatic carbocycles. The fourth-order valence-corrected chi connectivity index (χ4v) is 3.31. The van der Waals surface area contributed by atoms with Gasteiger partial charge in [-0.25, -0.2) is 0 Å². The lowest BCUT2D eigenvalue weighted by Gasteiger charge is -2.41. The van der Waals surface area contributed by atoms with E-state index < -0.39 is 0 Å². The molecule has 2 rings (SSSR count). The van der Waals surface area contributed by atoms with Crippen LogP contribution in [0.3, 0.4) is 0 Å². The molecule has 0 saturated carbocycles. The van der Waals surface area contributed by atoms with Crippen molar-refractivity contribution < 1.29 is 0 Å². The minimum absolute atomic E-state index is 0.301. The van der Waals surface area contributed by atoms with E-state index in [1.165, 1.54) is 58.7 Å². The molecule has 4 heteroatoms. The fourth-order valence-electron chi connectivity index (χ4n) is 3.31. The summed E-state index contributed by atoms with van der Waals surface area (Å²) < 4.78 is 0. The van der Waals surface area contributed by atoms with Crippen LogP contribution in [0.4, 0.5) is 0 Å². The van der Waals surface area contributed by atoms with Crippen LogP contribution in [0.5, 0.6) is 0 Å². The van der Waals surface area contributed by atoms with Crippen LogP contribution in [0.15, 0.2) is 0 Å². The van der Waals surface area contributed by atoms with Crippen LogP contribution in [0.1, 0.15) is 26.7 Å². The van der Waals surface area contributed by atoms with Crippen LogP contribution in [0, 0.1) is 0 Å². The fraction of sp³-hybridized carbons (Fsp3) is 1.00. The van der Waals surface area contributed by atoms with Crippen molar-refractivity contribution in [3.63, 3.8) is 0 Å². The summed E-state index contributed by atoms with van der Waals surface area (Å²) in [7, 11) is 4.53. The van der Waals surface area contributed by atoms with E-state index in [1.54, 1.807) is 0 Å². The van der Waals surface area contributed by atoms with E-state index in [2.05, 4.69) is 48.0 Å². The van der Waals surface area contributed by atoms with Gasteiger partial charge in [0.1, 0.15) is 0 Å². The van der Waals surface area contributed by atoms with Crippen LogP contribution >= 0.6 is 0 Å². The molecule has 2 unspecified atom stereocenters. The number of likely N-dealkylation sites (N-methyl/N-ethyl adjacent to an activating group) is 2. The second-order valence-electron chi connectivity index (χ2n) is 6.83. The molecule has 0 aromatic carbocycles. The quantitative estimate of drug-likeness (QED) is 0.813. The molecule has 2 atom stereocenters. The van der Waals surface area contributed by atoms with Crippen molar-refractivity contribution in [3.8, 4) is 0 Å². The zero-order valence-corrected chi connectivity index (χ0v) is 13.3. The lowest BCUT2D eigenvalue weighted by Crippen LogP contribution is -2.56. The van der Waals surface area contributed by atoms with Gasteiger partial charge in [-0.3, -0.25) is 9.80 Å². The summed E-state index contributed by atoms with van der Waals surface area (Å²) in [4.78, 5) is 7.70. The molecule has 4 nitrogen and oxygen atoms in total. The molecular weight excluding hydrogens is 236 g/mol. The van der Waals surface area contributed by atoms with Gasteiger partial charge in [0.15, 0.2) is 0 Å². The van der Waals surface area contributed by atoms with Gasteiger partial charge in [-0.05, 0) is 47.0 Å². The van der Waals surface area contributed by atoms with E-state index in [1.807, 2.05) is 0 Å². The van der Waals surface area contributed by atoms with Crippen LogP contribution in [0.25, 0.3) is 0 Å². The van der Waals surface area contributed by atoms with Crippen molar-refractivity contribution in [2.75, 3.05) is 59.9 Å². The molecule has 0 amide bonds. The highest BCUT2D eigenvalue weighted by atomic mass is 15.3. The molecule has 2 heterocycles. The largest absolute Gasteiger partial charge is 0.310 e. The molecule has 2 saturated heterocycles. The Labute approximate surface area is 119 Å². The van der Waals surface area contributed by atoms with Gasteiger partial charge in [-0.2, -0.15) is 0 Å². The normalized spacial score (nSPS) is 36.3. The molecule has 0 aromatic heterocycles.